The number of nitrogens with one attached hydrogen (secondary N) is 1. The number of rotatable bonds is 3. The summed E-state index contributed by atoms with van der Waals surface area (Å²) >= 11 is 0. The lowest BCUT2D eigenvalue weighted by Gasteiger charge is -2.23. The van der Waals surface area contributed by atoms with Crippen LogP contribution in [0.15, 0.2) is 6.33 Å². The highest BCUT2D eigenvalue weighted by Gasteiger charge is 2.20. The minimum Gasteiger partial charge on any atom is -0.490 e. The molecule has 1 saturated heterocycles. The molecule has 17 heavy (non-hydrogen) atoms. The maximum absolute atomic E-state index is 11.3. The van der Waals surface area contributed by atoms with Gasteiger partial charge in [-0.15, -0.1) is 0 Å². The molecule has 2 rings (SSSR count). The maximum Gasteiger partial charge on any atom is 0.203 e. The third-order valence-corrected chi connectivity index (χ3v) is 4.15. The summed E-state index contributed by atoms with van der Waals surface area (Å²) in [5.41, 5.74) is 5.69. The molecule has 6 nitrogen and oxygen atoms in total. The van der Waals surface area contributed by atoms with Crippen LogP contribution in [0.5, 0.6) is 5.75 Å². The predicted octanol–water partition coefficient (Wildman–Crippen LogP) is 0.390. The molecule has 3 N–H and O–H groups in total. The molecule has 0 aliphatic carbocycles. The van der Waals surface area contributed by atoms with E-state index in [4.69, 9.17) is 10.5 Å². The monoisotopic (exact) mass is 256 g/mol. The molecule has 0 radical (unpaired) electrons. The van der Waals surface area contributed by atoms with Crippen molar-refractivity contribution < 1.29 is 8.95 Å². The van der Waals surface area contributed by atoms with Gasteiger partial charge in [0.25, 0.3) is 0 Å². The normalized spacial score (nSPS) is 24.3. The summed E-state index contributed by atoms with van der Waals surface area (Å²) in [7, 11) is 0.879. The van der Waals surface area contributed by atoms with Gasteiger partial charge < -0.3 is 15.8 Å². The van der Waals surface area contributed by atoms with Crippen LogP contribution in [0.25, 0.3) is 0 Å². The summed E-state index contributed by atoms with van der Waals surface area (Å²) in [5, 5.41) is 3.27. The second kappa shape index (κ2) is 5.31. The first-order valence-corrected chi connectivity index (χ1v) is 6.95. The fourth-order valence-electron chi connectivity index (χ4n) is 1.82. The molecule has 0 saturated carbocycles. The van der Waals surface area contributed by atoms with Gasteiger partial charge in [-0.3, -0.25) is 4.21 Å². The molecule has 0 unspecified atom stereocenters. The first-order chi connectivity index (χ1) is 8.20. The van der Waals surface area contributed by atoms with Gasteiger partial charge >= 0.3 is 0 Å². The van der Waals surface area contributed by atoms with E-state index in [0.717, 1.165) is 24.3 Å². The van der Waals surface area contributed by atoms with Gasteiger partial charge in [0.2, 0.25) is 5.75 Å². The highest BCUT2D eigenvalue weighted by Crippen LogP contribution is 2.28. The Morgan fingerprint density at radius 1 is 1.47 bits per heavy atom. The summed E-state index contributed by atoms with van der Waals surface area (Å²) in [4.78, 5) is 7.99. The Balaban J connectivity index is 2.08. The van der Waals surface area contributed by atoms with Crippen LogP contribution in [0.1, 0.15) is 12.8 Å². The van der Waals surface area contributed by atoms with E-state index in [9.17, 15) is 4.21 Å². The topological polar surface area (TPSA) is 90.1 Å². The van der Waals surface area contributed by atoms with Gasteiger partial charge in [0.15, 0.2) is 11.6 Å². The average Bonchev–Trinajstić information content (AvgIpc) is 2.32. The van der Waals surface area contributed by atoms with E-state index in [1.165, 1.54) is 13.4 Å². The van der Waals surface area contributed by atoms with Crippen LogP contribution >= 0.6 is 0 Å². The lowest BCUT2D eigenvalue weighted by atomic mass is 10.1. The fourth-order valence-corrected chi connectivity index (χ4v) is 3.12. The van der Waals surface area contributed by atoms with Crippen LogP contribution in [0.3, 0.4) is 0 Å². The molecule has 1 fully saturated rings. The average molecular weight is 256 g/mol. The van der Waals surface area contributed by atoms with Crippen LogP contribution in [-0.4, -0.2) is 38.8 Å². The zero-order chi connectivity index (χ0) is 12.3. The van der Waals surface area contributed by atoms with E-state index in [-0.39, 0.29) is 6.04 Å². The summed E-state index contributed by atoms with van der Waals surface area (Å²) in [5.74, 6) is 2.88. The van der Waals surface area contributed by atoms with Crippen LogP contribution in [0.4, 0.5) is 11.6 Å². The molecule has 0 bridgehead atoms. The number of hydrogen-bond acceptors (Lipinski definition) is 6. The second-order valence-electron chi connectivity index (χ2n) is 3.91. The SMILES string of the molecule is COc1c(N)ncnc1NC1CCS(=O)CC1. The Hall–Kier alpha value is -1.37. The van der Waals surface area contributed by atoms with E-state index >= 15 is 0 Å². The van der Waals surface area contributed by atoms with Gasteiger partial charge in [-0.1, -0.05) is 0 Å². The Morgan fingerprint density at radius 2 is 2.18 bits per heavy atom. The Labute approximate surface area is 102 Å². The molecule has 1 aliphatic heterocycles. The van der Waals surface area contributed by atoms with E-state index in [1.807, 2.05) is 0 Å². The number of ether oxygens (including phenoxy) is 1. The minimum atomic E-state index is -0.659. The Bertz CT molecular complexity index is 417. The molecule has 1 aliphatic rings. The van der Waals surface area contributed by atoms with Gasteiger partial charge in [0.1, 0.15) is 6.33 Å². The van der Waals surface area contributed by atoms with Crippen LogP contribution in [-0.2, 0) is 10.8 Å². The standard InChI is InChI=1S/C10H16N4O2S/c1-16-8-9(11)12-6-13-10(8)14-7-2-4-17(15)5-3-7/h6-7H,2-5H2,1H3,(H3,11,12,13,14). The van der Waals surface area contributed by atoms with Crippen LogP contribution in [0.2, 0.25) is 0 Å². The van der Waals surface area contributed by atoms with Crippen LogP contribution in [0, 0.1) is 0 Å². The van der Waals surface area contributed by atoms with Crippen LogP contribution < -0.4 is 15.8 Å². The van der Waals surface area contributed by atoms with Gasteiger partial charge in [-0.2, -0.15) is 0 Å². The molecule has 0 amide bonds. The van der Waals surface area contributed by atoms with Crippen molar-refractivity contribution in [3.05, 3.63) is 6.33 Å². The lowest BCUT2D eigenvalue weighted by molar-refractivity contribution is 0.414. The predicted molar refractivity (Wildman–Crippen MR) is 67.5 cm³/mol. The summed E-state index contributed by atoms with van der Waals surface area (Å²) < 4.78 is 16.4. The van der Waals surface area contributed by atoms with Gasteiger partial charge in [-0.05, 0) is 12.8 Å². The minimum absolute atomic E-state index is 0.274. The molecule has 94 valence electrons. The number of aromatic nitrogens is 2. The van der Waals surface area contributed by atoms with E-state index in [0.29, 0.717) is 17.4 Å². The lowest BCUT2D eigenvalue weighted by Crippen LogP contribution is -2.30. The molecule has 7 heteroatoms. The molecule has 1 aromatic rings. The second-order valence-corrected chi connectivity index (χ2v) is 5.60. The highest BCUT2D eigenvalue weighted by atomic mass is 32.2. The van der Waals surface area contributed by atoms with Gasteiger partial charge in [-0.25, -0.2) is 9.97 Å². The molecule has 2 heterocycles. The van der Waals surface area contributed by atoms with Crippen molar-refractivity contribution in [3.8, 4) is 5.75 Å². The number of methoxy groups -OCH3 is 1. The summed E-state index contributed by atoms with van der Waals surface area (Å²) in [6, 6.07) is 0.274. The van der Waals surface area contributed by atoms with Crippen molar-refractivity contribution >= 4 is 22.4 Å². The van der Waals surface area contributed by atoms with Gasteiger partial charge in [0, 0.05) is 28.3 Å². The number of nitrogen functional groups attached to an aromatic ring is 1. The molecular formula is C10H16N4O2S. The highest BCUT2D eigenvalue weighted by molar-refractivity contribution is 7.85. The molecule has 0 spiro atoms. The molecule has 0 atom stereocenters. The zero-order valence-corrected chi connectivity index (χ0v) is 10.5. The molecule has 0 aromatic carbocycles. The van der Waals surface area contributed by atoms with E-state index in [2.05, 4.69) is 15.3 Å². The number of nitrogens with two attached hydrogens (primary N) is 1. The summed E-state index contributed by atoms with van der Waals surface area (Å²) in [6.07, 6.45) is 3.15. The van der Waals surface area contributed by atoms with Crippen molar-refractivity contribution in [1.82, 2.24) is 9.97 Å². The number of nitrogens with zero attached hydrogens (tertiary/aromatic N) is 2. The largest absolute Gasteiger partial charge is 0.490 e. The van der Waals surface area contributed by atoms with E-state index < -0.39 is 10.8 Å². The third kappa shape index (κ3) is 2.85. The maximum atomic E-state index is 11.3. The smallest absolute Gasteiger partial charge is 0.203 e. The van der Waals surface area contributed by atoms with E-state index in [1.54, 1.807) is 0 Å². The van der Waals surface area contributed by atoms with Crippen molar-refractivity contribution in [2.75, 3.05) is 29.7 Å². The zero-order valence-electron chi connectivity index (χ0n) is 9.68. The quantitative estimate of drug-likeness (QED) is 0.813. The number of hydrogen-bond donors (Lipinski definition) is 2. The van der Waals surface area contributed by atoms with Crippen molar-refractivity contribution in [2.24, 2.45) is 0 Å². The third-order valence-electron chi connectivity index (χ3n) is 2.76. The first-order valence-electron chi connectivity index (χ1n) is 5.46. The summed E-state index contributed by atoms with van der Waals surface area (Å²) in [6.45, 7) is 0. The Kier molecular flexibility index (Phi) is 3.78. The Morgan fingerprint density at radius 3 is 2.82 bits per heavy atom. The fraction of sp³-hybridized carbons (Fsp3) is 0.600. The molecule has 1 aromatic heterocycles. The number of anilines is 2. The van der Waals surface area contributed by atoms with Crippen molar-refractivity contribution in [1.29, 1.82) is 0 Å². The van der Waals surface area contributed by atoms with Crippen molar-refractivity contribution in [3.63, 3.8) is 0 Å². The first kappa shape index (κ1) is 12.1. The molecular weight excluding hydrogens is 240 g/mol. The van der Waals surface area contributed by atoms with Crippen molar-refractivity contribution in [2.45, 2.75) is 18.9 Å². The van der Waals surface area contributed by atoms with Gasteiger partial charge in [0.05, 0.1) is 7.11 Å².